The van der Waals surface area contributed by atoms with Gasteiger partial charge in [0.1, 0.15) is 0 Å². The highest BCUT2D eigenvalue weighted by atomic mass is 32.2. The lowest BCUT2D eigenvalue weighted by atomic mass is 10.0. The fourth-order valence-corrected chi connectivity index (χ4v) is 3.19. The van der Waals surface area contributed by atoms with Gasteiger partial charge >= 0.3 is 0 Å². The van der Waals surface area contributed by atoms with Gasteiger partial charge in [-0.3, -0.25) is 9.98 Å². The Morgan fingerprint density at radius 1 is 1.38 bits per heavy atom. The minimum Gasteiger partial charge on any atom is -0.399 e. The molecule has 2 unspecified atom stereocenters. The van der Waals surface area contributed by atoms with Crippen LogP contribution in [0.3, 0.4) is 0 Å². The van der Waals surface area contributed by atoms with Crippen molar-refractivity contribution in [3.05, 3.63) is 35.0 Å². The van der Waals surface area contributed by atoms with Gasteiger partial charge in [-0.25, -0.2) is 0 Å². The van der Waals surface area contributed by atoms with E-state index in [1.165, 1.54) is 9.95 Å². The number of thioether (sulfide) groups is 1. The van der Waals surface area contributed by atoms with Crippen LogP contribution in [-0.2, 0) is 0 Å². The number of nitrogens with zero attached hydrogens (tertiary/aromatic N) is 2. The largest absolute Gasteiger partial charge is 0.399 e. The second-order valence-corrected chi connectivity index (χ2v) is 5.19. The van der Waals surface area contributed by atoms with Crippen LogP contribution in [0.1, 0.15) is 12.8 Å². The first kappa shape index (κ1) is 9.90. The Bertz CT molecular complexity index is 457. The number of fused-ring (bicyclic) bond motifs is 1. The molecule has 2 atom stereocenters. The molecule has 3 rings (SSSR count). The Morgan fingerprint density at radius 3 is 3.12 bits per heavy atom. The first-order valence-corrected chi connectivity index (χ1v) is 6.25. The molecular weight excluding hydrogens is 218 g/mol. The third-order valence-corrected chi connectivity index (χ3v) is 4.11. The van der Waals surface area contributed by atoms with Crippen LogP contribution < -0.4 is 5.73 Å². The second kappa shape index (κ2) is 3.94. The lowest BCUT2D eigenvalue weighted by Gasteiger charge is -2.13. The summed E-state index contributed by atoms with van der Waals surface area (Å²) in [5.74, 6) is 0.362. The van der Waals surface area contributed by atoms with Gasteiger partial charge in [-0.05, 0) is 12.5 Å². The zero-order valence-corrected chi connectivity index (χ0v) is 9.65. The van der Waals surface area contributed by atoms with Crippen LogP contribution in [0, 0.1) is 5.92 Å². The summed E-state index contributed by atoms with van der Waals surface area (Å²) < 4.78 is 0. The standard InChI is InChI=1S/C12H13N3S/c13-9-3-1-2-8(6-9)12-15-10-4-5-14-7-11(10)16-12/h1,3,5-8,10H,2,4,13H2. The highest BCUT2D eigenvalue weighted by molar-refractivity contribution is 8.17. The van der Waals surface area contributed by atoms with Crippen molar-refractivity contribution in [2.75, 3.05) is 0 Å². The number of hydrogen-bond acceptors (Lipinski definition) is 4. The summed E-state index contributed by atoms with van der Waals surface area (Å²) in [5, 5.41) is 1.19. The lowest BCUT2D eigenvalue weighted by Crippen LogP contribution is -2.12. The SMILES string of the molecule is NC1=CC(C2=NC3CC=NC=C3S2)CC=C1. The van der Waals surface area contributed by atoms with Crippen molar-refractivity contribution in [2.24, 2.45) is 21.6 Å². The molecule has 0 fully saturated rings. The molecule has 0 amide bonds. The monoisotopic (exact) mass is 231 g/mol. The maximum atomic E-state index is 5.81. The zero-order chi connectivity index (χ0) is 11.0. The molecular formula is C12H13N3S. The highest BCUT2D eigenvalue weighted by Crippen LogP contribution is 2.38. The molecule has 4 heteroatoms. The maximum absolute atomic E-state index is 5.81. The molecule has 3 nitrogen and oxygen atoms in total. The molecule has 0 bridgehead atoms. The second-order valence-electron chi connectivity index (χ2n) is 4.10. The van der Waals surface area contributed by atoms with Crippen molar-refractivity contribution < 1.29 is 0 Å². The molecule has 0 aromatic heterocycles. The lowest BCUT2D eigenvalue weighted by molar-refractivity contribution is 0.820. The van der Waals surface area contributed by atoms with Crippen LogP contribution in [0.25, 0.3) is 0 Å². The fraction of sp³-hybridized carbons (Fsp3) is 0.333. The first-order valence-electron chi connectivity index (χ1n) is 5.44. The molecule has 0 aromatic rings. The molecule has 0 spiro atoms. The summed E-state index contributed by atoms with van der Waals surface area (Å²) in [6.45, 7) is 0. The van der Waals surface area contributed by atoms with Crippen molar-refractivity contribution in [1.82, 2.24) is 0 Å². The summed E-state index contributed by atoms with van der Waals surface area (Å²) in [6, 6.07) is 0.318. The third-order valence-electron chi connectivity index (χ3n) is 2.88. The topological polar surface area (TPSA) is 50.7 Å². The van der Waals surface area contributed by atoms with Crippen LogP contribution in [0.4, 0.5) is 0 Å². The molecule has 2 heterocycles. The molecule has 1 aliphatic carbocycles. The fourth-order valence-electron chi connectivity index (χ4n) is 2.05. The summed E-state index contributed by atoms with van der Waals surface area (Å²) in [6.07, 6.45) is 12.0. The Morgan fingerprint density at radius 2 is 2.31 bits per heavy atom. The van der Waals surface area contributed by atoms with E-state index >= 15 is 0 Å². The van der Waals surface area contributed by atoms with Crippen LogP contribution in [0.5, 0.6) is 0 Å². The first-order chi connectivity index (χ1) is 7.83. The van der Waals surface area contributed by atoms with Crippen LogP contribution >= 0.6 is 11.8 Å². The van der Waals surface area contributed by atoms with Gasteiger partial charge in [0.15, 0.2) is 0 Å². The molecule has 3 aliphatic rings. The summed E-state index contributed by atoms with van der Waals surface area (Å²) >= 11 is 1.77. The average Bonchev–Trinajstić information content (AvgIpc) is 2.72. The number of aliphatic imine (C=N–C) groups is 2. The minimum absolute atomic E-state index is 0.318. The van der Waals surface area contributed by atoms with Crippen molar-refractivity contribution in [2.45, 2.75) is 18.9 Å². The third kappa shape index (κ3) is 1.73. The average molecular weight is 231 g/mol. The van der Waals surface area contributed by atoms with E-state index in [2.05, 4.69) is 17.1 Å². The molecule has 0 saturated carbocycles. The zero-order valence-electron chi connectivity index (χ0n) is 8.84. The van der Waals surface area contributed by atoms with Crippen LogP contribution in [0.15, 0.2) is 45.0 Å². The van der Waals surface area contributed by atoms with Crippen molar-refractivity contribution in [3.8, 4) is 0 Å². The number of allylic oxidation sites excluding steroid dienone is 3. The van der Waals surface area contributed by atoms with E-state index < -0.39 is 0 Å². The Balaban J connectivity index is 1.81. The number of nitrogens with two attached hydrogens (primary N) is 1. The van der Waals surface area contributed by atoms with Crippen LogP contribution in [-0.4, -0.2) is 17.3 Å². The highest BCUT2D eigenvalue weighted by Gasteiger charge is 2.28. The predicted octanol–water partition coefficient (Wildman–Crippen LogP) is 2.23. The van der Waals surface area contributed by atoms with Crippen molar-refractivity contribution in [3.63, 3.8) is 0 Å². The number of rotatable bonds is 1. The molecule has 82 valence electrons. The maximum Gasteiger partial charge on any atom is 0.0885 e. The Hall–Kier alpha value is -1.29. The molecule has 0 radical (unpaired) electrons. The smallest absolute Gasteiger partial charge is 0.0885 e. The van der Waals surface area contributed by atoms with E-state index in [9.17, 15) is 0 Å². The summed E-state index contributed by atoms with van der Waals surface area (Å²) in [7, 11) is 0. The normalized spacial score (nSPS) is 31.9. The van der Waals surface area contributed by atoms with Gasteiger partial charge in [0.2, 0.25) is 0 Å². The van der Waals surface area contributed by atoms with Gasteiger partial charge in [0.05, 0.1) is 11.1 Å². The summed E-state index contributed by atoms with van der Waals surface area (Å²) in [5.41, 5.74) is 6.66. The molecule has 2 N–H and O–H groups in total. The molecule has 0 aromatic carbocycles. The minimum atomic E-state index is 0.318. The Kier molecular flexibility index (Phi) is 2.44. The van der Waals surface area contributed by atoms with Gasteiger partial charge in [0, 0.05) is 35.4 Å². The molecule has 2 aliphatic heterocycles. The van der Waals surface area contributed by atoms with Crippen molar-refractivity contribution >= 4 is 23.0 Å². The van der Waals surface area contributed by atoms with Gasteiger partial charge in [-0.15, -0.1) is 0 Å². The van der Waals surface area contributed by atoms with Crippen LogP contribution in [0.2, 0.25) is 0 Å². The Labute approximate surface area is 98.9 Å². The van der Waals surface area contributed by atoms with Gasteiger partial charge in [0.25, 0.3) is 0 Å². The van der Waals surface area contributed by atoms with Crippen molar-refractivity contribution in [1.29, 1.82) is 0 Å². The van der Waals surface area contributed by atoms with E-state index in [1.54, 1.807) is 11.8 Å². The van der Waals surface area contributed by atoms with Gasteiger partial charge in [-0.2, -0.15) is 0 Å². The van der Waals surface area contributed by atoms with E-state index in [0.29, 0.717) is 12.0 Å². The van der Waals surface area contributed by atoms with E-state index in [-0.39, 0.29) is 0 Å². The van der Waals surface area contributed by atoms with E-state index in [1.807, 2.05) is 18.5 Å². The summed E-state index contributed by atoms with van der Waals surface area (Å²) in [4.78, 5) is 10.2. The predicted molar refractivity (Wildman–Crippen MR) is 69.5 cm³/mol. The van der Waals surface area contributed by atoms with Gasteiger partial charge in [-0.1, -0.05) is 23.9 Å². The quantitative estimate of drug-likeness (QED) is 0.752. The molecule has 0 saturated heterocycles. The number of hydrogen-bond donors (Lipinski definition) is 1. The van der Waals surface area contributed by atoms with E-state index in [4.69, 9.17) is 10.7 Å². The molecule has 16 heavy (non-hydrogen) atoms. The van der Waals surface area contributed by atoms with E-state index in [0.717, 1.165) is 18.5 Å². The van der Waals surface area contributed by atoms with Gasteiger partial charge < -0.3 is 5.73 Å².